The number of amides is 1. The number of aryl methyl sites for hydroxylation is 1. The van der Waals surface area contributed by atoms with Crippen LogP contribution in [0.5, 0.6) is 0 Å². The van der Waals surface area contributed by atoms with Crippen molar-refractivity contribution in [2.24, 2.45) is 0 Å². The Kier molecular flexibility index (Phi) is 5.18. The van der Waals surface area contributed by atoms with Crippen LogP contribution in [0.2, 0.25) is 0 Å². The Labute approximate surface area is 154 Å². The zero-order valence-corrected chi connectivity index (χ0v) is 15.5. The highest BCUT2D eigenvalue weighted by Gasteiger charge is 2.19. The zero-order chi connectivity index (χ0) is 17.1. The molecule has 1 amide bonds. The fourth-order valence-electron chi connectivity index (χ4n) is 3.92. The lowest BCUT2D eigenvalue weighted by Gasteiger charge is -2.15. The van der Waals surface area contributed by atoms with Crippen molar-refractivity contribution in [3.05, 3.63) is 56.8 Å². The second-order valence-corrected chi connectivity index (χ2v) is 8.20. The quantitative estimate of drug-likeness (QED) is 0.875. The number of thiophene rings is 1. The number of carbonyl (C=O) groups excluding carboxylic acids is 1. The number of carbonyl (C=O) groups is 1. The maximum Gasteiger partial charge on any atom is 0.252 e. The summed E-state index contributed by atoms with van der Waals surface area (Å²) >= 11 is 1.75. The summed E-state index contributed by atoms with van der Waals surface area (Å²) in [5, 5.41) is 5.15. The van der Waals surface area contributed by atoms with E-state index in [1.165, 1.54) is 60.3 Å². The van der Waals surface area contributed by atoms with E-state index in [0.717, 1.165) is 24.9 Å². The largest absolute Gasteiger partial charge is 0.348 e. The van der Waals surface area contributed by atoms with E-state index in [-0.39, 0.29) is 5.91 Å². The Morgan fingerprint density at radius 1 is 1.00 bits per heavy atom. The number of benzene rings is 1. The highest BCUT2D eigenvalue weighted by molar-refractivity contribution is 7.10. The molecule has 0 bridgehead atoms. The summed E-state index contributed by atoms with van der Waals surface area (Å²) < 4.78 is 0. The average Bonchev–Trinajstić information content (AvgIpc) is 3.30. The van der Waals surface area contributed by atoms with E-state index in [2.05, 4.69) is 34.5 Å². The molecule has 1 saturated heterocycles. The first-order valence-corrected chi connectivity index (χ1v) is 10.4. The molecule has 25 heavy (non-hydrogen) atoms. The highest BCUT2D eigenvalue weighted by Crippen LogP contribution is 2.30. The van der Waals surface area contributed by atoms with Crippen LogP contribution in [0.15, 0.2) is 29.6 Å². The van der Waals surface area contributed by atoms with Gasteiger partial charge in [0.05, 0.1) is 5.56 Å². The second-order valence-electron chi connectivity index (χ2n) is 7.24. The molecule has 2 aliphatic rings. The number of hydrogen-bond donors (Lipinski definition) is 1. The molecule has 2 aromatic rings. The molecule has 0 spiro atoms. The van der Waals surface area contributed by atoms with Crippen molar-refractivity contribution in [1.29, 1.82) is 0 Å². The molecule has 1 aliphatic carbocycles. The van der Waals surface area contributed by atoms with Gasteiger partial charge in [0.25, 0.3) is 5.91 Å². The van der Waals surface area contributed by atoms with Gasteiger partial charge in [0, 0.05) is 23.3 Å². The fraction of sp³-hybridized carbons (Fsp3) is 0.476. The van der Waals surface area contributed by atoms with Gasteiger partial charge in [0.15, 0.2) is 0 Å². The number of hydrogen-bond acceptors (Lipinski definition) is 3. The predicted octanol–water partition coefficient (Wildman–Crippen LogP) is 4.15. The number of likely N-dealkylation sites (tertiary alicyclic amines) is 1. The molecule has 0 radical (unpaired) electrons. The SMILES string of the molecule is O=C(NCc1ccc(CN2CCCC2)cc1)c1csc2c1CCCC2. The van der Waals surface area contributed by atoms with Crippen molar-refractivity contribution in [2.45, 2.75) is 51.6 Å². The van der Waals surface area contributed by atoms with Crippen molar-refractivity contribution >= 4 is 17.2 Å². The standard InChI is InChI=1S/C21H26N2OS/c24-21(19-15-25-20-6-2-1-5-18(19)20)22-13-16-7-9-17(10-8-16)14-23-11-3-4-12-23/h7-10,15H,1-6,11-14H2,(H,22,24). The average molecular weight is 355 g/mol. The summed E-state index contributed by atoms with van der Waals surface area (Å²) in [7, 11) is 0. The molecule has 1 fully saturated rings. The van der Waals surface area contributed by atoms with E-state index in [9.17, 15) is 4.79 Å². The first kappa shape index (κ1) is 16.8. The van der Waals surface area contributed by atoms with Crippen LogP contribution in [-0.2, 0) is 25.9 Å². The number of nitrogens with one attached hydrogen (secondary N) is 1. The van der Waals surface area contributed by atoms with E-state index in [1.54, 1.807) is 11.3 Å². The third-order valence-electron chi connectivity index (χ3n) is 5.39. The maximum absolute atomic E-state index is 12.5. The molecule has 1 aromatic heterocycles. The third kappa shape index (κ3) is 3.96. The molecule has 132 valence electrons. The minimum absolute atomic E-state index is 0.0838. The zero-order valence-electron chi connectivity index (χ0n) is 14.7. The molecule has 4 rings (SSSR count). The predicted molar refractivity (Wildman–Crippen MR) is 103 cm³/mol. The van der Waals surface area contributed by atoms with Crippen LogP contribution >= 0.6 is 11.3 Å². The molecular weight excluding hydrogens is 328 g/mol. The van der Waals surface area contributed by atoms with Crippen LogP contribution in [0.3, 0.4) is 0 Å². The second kappa shape index (κ2) is 7.71. The molecule has 4 heteroatoms. The first-order valence-electron chi connectivity index (χ1n) is 9.47. The maximum atomic E-state index is 12.5. The van der Waals surface area contributed by atoms with Gasteiger partial charge in [-0.3, -0.25) is 9.69 Å². The van der Waals surface area contributed by atoms with Gasteiger partial charge in [0.2, 0.25) is 0 Å². The lowest BCUT2D eigenvalue weighted by Crippen LogP contribution is -2.24. The van der Waals surface area contributed by atoms with Gasteiger partial charge in [-0.25, -0.2) is 0 Å². The van der Waals surface area contributed by atoms with E-state index < -0.39 is 0 Å². The van der Waals surface area contributed by atoms with Gasteiger partial charge in [-0.1, -0.05) is 24.3 Å². The number of rotatable bonds is 5. The summed E-state index contributed by atoms with van der Waals surface area (Å²) in [6, 6.07) is 8.70. The minimum Gasteiger partial charge on any atom is -0.348 e. The fourth-order valence-corrected chi connectivity index (χ4v) is 5.05. The molecule has 3 nitrogen and oxygen atoms in total. The summed E-state index contributed by atoms with van der Waals surface area (Å²) in [6.45, 7) is 4.10. The normalized spacial score (nSPS) is 17.4. The molecule has 1 aromatic carbocycles. The van der Waals surface area contributed by atoms with Gasteiger partial charge in [-0.05, 0) is 68.3 Å². The molecule has 0 atom stereocenters. The van der Waals surface area contributed by atoms with Gasteiger partial charge < -0.3 is 5.32 Å². The van der Waals surface area contributed by atoms with Crippen LogP contribution in [0.4, 0.5) is 0 Å². The lowest BCUT2D eigenvalue weighted by molar-refractivity contribution is 0.0950. The smallest absolute Gasteiger partial charge is 0.252 e. The molecule has 2 heterocycles. The van der Waals surface area contributed by atoms with Crippen molar-refractivity contribution in [1.82, 2.24) is 10.2 Å². The van der Waals surface area contributed by atoms with Crippen molar-refractivity contribution in [2.75, 3.05) is 13.1 Å². The Bertz CT molecular complexity index is 729. The highest BCUT2D eigenvalue weighted by atomic mass is 32.1. The van der Waals surface area contributed by atoms with Gasteiger partial charge in [-0.2, -0.15) is 0 Å². The molecule has 1 N–H and O–H groups in total. The monoisotopic (exact) mass is 354 g/mol. The van der Waals surface area contributed by atoms with Crippen molar-refractivity contribution in [3.8, 4) is 0 Å². The van der Waals surface area contributed by atoms with Gasteiger partial charge in [-0.15, -0.1) is 11.3 Å². The molecule has 0 saturated carbocycles. The Morgan fingerprint density at radius 2 is 1.72 bits per heavy atom. The van der Waals surface area contributed by atoms with Crippen molar-refractivity contribution in [3.63, 3.8) is 0 Å². The summed E-state index contributed by atoms with van der Waals surface area (Å²) in [5.41, 5.74) is 4.74. The number of fused-ring (bicyclic) bond motifs is 1. The van der Waals surface area contributed by atoms with Crippen molar-refractivity contribution < 1.29 is 4.79 Å². The van der Waals surface area contributed by atoms with Crippen LogP contribution in [0, 0.1) is 0 Å². The summed E-state index contributed by atoms with van der Waals surface area (Å²) in [6.07, 6.45) is 7.34. The lowest BCUT2D eigenvalue weighted by atomic mass is 9.95. The summed E-state index contributed by atoms with van der Waals surface area (Å²) in [4.78, 5) is 16.5. The topological polar surface area (TPSA) is 32.3 Å². The van der Waals surface area contributed by atoms with Crippen LogP contribution in [0.25, 0.3) is 0 Å². The van der Waals surface area contributed by atoms with Gasteiger partial charge >= 0.3 is 0 Å². The van der Waals surface area contributed by atoms with Crippen LogP contribution in [-0.4, -0.2) is 23.9 Å². The first-order chi connectivity index (χ1) is 12.3. The molecular formula is C21H26N2OS. The third-order valence-corrected chi connectivity index (χ3v) is 6.48. The van der Waals surface area contributed by atoms with E-state index in [0.29, 0.717) is 6.54 Å². The van der Waals surface area contributed by atoms with Crippen LogP contribution in [0.1, 0.15) is 57.6 Å². The Hall–Kier alpha value is -1.65. The Balaban J connectivity index is 1.33. The van der Waals surface area contributed by atoms with E-state index in [4.69, 9.17) is 0 Å². The number of nitrogens with zero attached hydrogens (tertiary/aromatic N) is 1. The van der Waals surface area contributed by atoms with Gasteiger partial charge in [0.1, 0.15) is 0 Å². The minimum atomic E-state index is 0.0838. The summed E-state index contributed by atoms with van der Waals surface area (Å²) in [5.74, 6) is 0.0838. The Morgan fingerprint density at radius 3 is 2.52 bits per heavy atom. The van der Waals surface area contributed by atoms with E-state index >= 15 is 0 Å². The van der Waals surface area contributed by atoms with Crippen LogP contribution < -0.4 is 5.32 Å². The van der Waals surface area contributed by atoms with E-state index in [1.807, 2.05) is 5.38 Å². The molecule has 1 aliphatic heterocycles. The molecule has 0 unspecified atom stereocenters.